The van der Waals surface area contributed by atoms with Gasteiger partial charge in [-0.1, -0.05) is 6.07 Å². The second-order valence-corrected chi connectivity index (χ2v) is 7.15. The molecule has 0 radical (unpaired) electrons. The summed E-state index contributed by atoms with van der Waals surface area (Å²) in [4.78, 5) is 22.8. The molecule has 9 heteroatoms. The highest BCUT2D eigenvalue weighted by molar-refractivity contribution is 6.03. The Morgan fingerprint density at radius 3 is 2.68 bits per heavy atom. The maximum Gasteiger partial charge on any atom is 0.265 e. The van der Waals surface area contributed by atoms with E-state index in [1.165, 1.54) is 36.3 Å². The van der Waals surface area contributed by atoms with Crippen molar-refractivity contribution in [3.63, 3.8) is 0 Å². The predicted molar refractivity (Wildman–Crippen MR) is 108 cm³/mol. The minimum absolute atomic E-state index is 0.0256. The van der Waals surface area contributed by atoms with Crippen molar-refractivity contribution in [2.75, 3.05) is 19.5 Å². The largest absolute Gasteiger partial charge is 0.492 e. The number of ether oxygens (including phenoxy) is 1. The number of nitrogens with one attached hydrogen (secondary N) is 1. The van der Waals surface area contributed by atoms with Gasteiger partial charge in [0.1, 0.15) is 0 Å². The molecule has 1 aromatic carbocycles. The van der Waals surface area contributed by atoms with Crippen LogP contribution >= 0.6 is 0 Å². The van der Waals surface area contributed by atoms with Crippen LogP contribution in [0.25, 0.3) is 0 Å². The van der Waals surface area contributed by atoms with Gasteiger partial charge in [0.15, 0.2) is 11.6 Å². The fourth-order valence-electron chi connectivity index (χ4n) is 3.50. The maximum atomic E-state index is 14.1. The highest BCUT2D eigenvalue weighted by atomic mass is 19.3. The van der Waals surface area contributed by atoms with E-state index >= 15 is 0 Å². The molecule has 0 saturated carbocycles. The van der Waals surface area contributed by atoms with Crippen molar-refractivity contribution >= 4 is 17.3 Å². The quantitative estimate of drug-likeness (QED) is 0.627. The van der Waals surface area contributed by atoms with Crippen LogP contribution in [0.2, 0.25) is 0 Å². The summed E-state index contributed by atoms with van der Waals surface area (Å²) in [5, 5.41) is 3.09. The van der Waals surface area contributed by atoms with Gasteiger partial charge in [-0.2, -0.15) is 0 Å². The van der Waals surface area contributed by atoms with Crippen molar-refractivity contribution in [2.24, 2.45) is 0 Å². The minimum atomic E-state index is -2.58. The highest BCUT2D eigenvalue weighted by Crippen LogP contribution is 2.35. The van der Waals surface area contributed by atoms with E-state index in [9.17, 15) is 18.0 Å². The number of methoxy groups -OCH3 is 1. The number of amides is 1. The molecule has 2 aromatic heterocycles. The maximum absolute atomic E-state index is 14.1. The number of alkyl halides is 2. The summed E-state index contributed by atoms with van der Waals surface area (Å²) in [7, 11) is 3.03. The van der Waals surface area contributed by atoms with Crippen LogP contribution < -0.4 is 10.1 Å². The summed E-state index contributed by atoms with van der Waals surface area (Å²) >= 11 is 0. The summed E-state index contributed by atoms with van der Waals surface area (Å²) in [6.45, 7) is 0.328. The standard InChI is InChI=1S/C22H19F3N4O2/c1-29-11-18-19(22(29)30)17(28-16-5-3-4-15(23)20(16)31-2)9-14(27-18)8-13-7-6-12(10-26-13)21(24)25/h3-7,9-10,21H,8,11H2,1-2H3,(H,27,28). The number of pyridine rings is 2. The van der Waals surface area contributed by atoms with Gasteiger partial charge >= 0.3 is 0 Å². The lowest BCUT2D eigenvalue weighted by Gasteiger charge is -2.15. The van der Waals surface area contributed by atoms with Crippen molar-refractivity contribution in [3.05, 3.63) is 76.6 Å². The van der Waals surface area contributed by atoms with Gasteiger partial charge in [0.05, 0.1) is 36.3 Å². The van der Waals surface area contributed by atoms with Crippen LogP contribution in [0, 0.1) is 5.82 Å². The zero-order valence-corrected chi connectivity index (χ0v) is 16.8. The number of hydrogen-bond donors (Lipinski definition) is 1. The van der Waals surface area contributed by atoms with Gasteiger partial charge in [-0.15, -0.1) is 0 Å². The smallest absolute Gasteiger partial charge is 0.265 e. The number of rotatable bonds is 6. The summed E-state index contributed by atoms with van der Waals surface area (Å²) in [6, 6.07) is 8.99. The van der Waals surface area contributed by atoms with Gasteiger partial charge < -0.3 is 15.0 Å². The van der Waals surface area contributed by atoms with E-state index in [1.807, 2.05) is 0 Å². The molecule has 6 nitrogen and oxygen atoms in total. The summed E-state index contributed by atoms with van der Waals surface area (Å²) in [5.41, 5.74) is 2.80. The summed E-state index contributed by atoms with van der Waals surface area (Å²) < 4.78 is 44.8. The van der Waals surface area contributed by atoms with Gasteiger partial charge in [0, 0.05) is 36.6 Å². The molecule has 0 bridgehead atoms. The second kappa shape index (κ2) is 8.25. The number of fused-ring (bicyclic) bond motifs is 1. The van der Waals surface area contributed by atoms with Crippen molar-refractivity contribution in [3.8, 4) is 5.75 Å². The molecule has 1 aliphatic rings. The minimum Gasteiger partial charge on any atom is -0.492 e. The van der Waals surface area contributed by atoms with Gasteiger partial charge in [0.25, 0.3) is 12.3 Å². The Morgan fingerprint density at radius 2 is 2.00 bits per heavy atom. The van der Waals surface area contributed by atoms with Crippen LogP contribution in [0.5, 0.6) is 5.75 Å². The van der Waals surface area contributed by atoms with Crippen LogP contribution in [0.4, 0.5) is 24.5 Å². The third kappa shape index (κ3) is 4.03. The second-order valence-electron chi connectivity index (χ2n) is 7.15. The molecule has 0 fully saturated rings. The van der Waals surface area contributed by atoms with E-state index in [0.29, 0.717) is 40.6 Å². The molecule has 3 aromatic rings. The fraction of sp³-hybridized carbons (Fsp3) is 0.227. The monoisotopic (exact) mass is 428 g/mol. The lowest BCUT2D eigenvalue weighted by Crippen LogP contribution is -2.18. The van der Waals surface area contributed by atoms with E-state index in [0.717, 1.165) is 6.20 Å². The number of carbonyl (C=O) groups is 1. The van der Waals surface area contributed by atoms with E-state index < -0.39 is 12.2 Å². The van der Waals surface area contributed by atoms with E-state index in [-0.39, 0.29) is 23.6 Å². The van der Waals surface area contributed by atoms with Gasteiger partial charge in [-0.05, 0) is 30.3 Å². The number of anilines is 2. The topological polar surface area (TPSA) is 67.3 Å². The molecule has 31 heavy (non-hydrogen) atoms. The molecular formula is C22H19F3N4O2. The van der Waals surface area contributed by atoms with E-state index in [4.69, 9.17) is 4.74 Å². The van der Waals surface area contributed by atoms with Crippen molar-refractivity contribution in [1.29, 1.82) is 0 Å². The van der Waals surface area contributed by atoms with E-state index in [1.54, 1.807) is 19.2 Å². The number of carbonyl (C=O) groups excluding carboxylic acids is 1. The summed E-state index contributed by atoms with van der Waals surface area (Å²) in [6.07, 6.45) is -1.16. The average Bonchev–Trinajstić information content (AvgIpc) is 3.02. The van der Waals surface area contributed by atoms with Crippen molar-refractivity contribution < 1.29 is 22.7 Å². The predicted octanol–water partition coefficient (Wildman–Crippen LogP) is 4.48. The van der Waals surface area contributed by atoms with Crippen molar-refractivity contribution in [2.45, 2.75) is 19.4 Å². The average molecular weight is 428 g/mol. The lowest BCUT2D eigenvalue weighted by molar-refractivity contribution is 0.0817. The Kier molecular flexibility index (Phi) is 5.50. The molecule has 0 saturated heterocycles. The number of para-hydroxylation sites is 1. The molecule has 0 atom stereocenters. The first-order chi connectivity index (χ1) is 14.9. The van der Waals surface area contributed by atoms with Crippen LogP contribution in [0.3, 0.4) is 0 Å². The summed E-state index contributed by atoms with van der Waals surface area (Å²) in [5.74, 6) is -0.714. The van der Waals surface area contributed by atoms with Gasteiger partial charge in [-0.3, -0.25) is 14.8 Å². The first-order valence-electron chi connectivity index (χ1n) is 9.48. The molecule has 4 rings (SSSR count). The zero-order valence-electron chi connectivity index (χ0n) is 16.8. The molecule has 1 amide bonds. The van der Waals surface area contributed by atoms with Crippen LogP contribution in [-0.4, -0.2) is 34.9 Å². The molecule has 3 heterocycles. The SMILES string of the molecule is COc1c(F)cccc1Nc1cc(Cc2ccc(C(F)F)cn2)nc2c1C(=O)N(C)C2. The van der Waals surface area contributed by atoms with Gasteiger partial charge in [-0.25, -0.2) is 13.2 Å². The molecular weight excluding hydrogens is 409 g/mol. The Morgan fingerprint density at radius 1 is 1.19 bits per heavy atom. The molecule has 0 unspecified atom stereocenters. The van der Waals surface area contributed by atoms with E-state index in [2.05, 4.69) is 15.3 Å². The third-order valence-corrected chi connectivity index (χ3v) is 5.00. The first kappa shape index (κ1) is 20.6. The molecule has 160 valence electrons. The Labute approximate surface area is 176 Å². The molecule has 1 aliphatic heterocycles. The Bertz CT molecular complexity index is 1140. The van der Waals surface area contributed by atoms with Crippen LogP contribution in [0.15, 0.2) is 42.6 Å². The number of aromatic nitrogens is 2. The zero-order chi connectivity index (χ0) is 22.1. The van der Waals surface area contributed by atoms with Gasteiger partial charge in [0.2, 0.25) is 0 Å². The number of benzene rings is 1. The lowest BCUT2D eigenvalue weighted by atomic mass is 10.1. The van der Waals surface area contributed by atoms with Crippen LogP contribution in [0.1, 0.15) is 39.4 Å². The normalized spacial score (nSPS) is 13.0. The fourth-order valence-corrected chi connectivity index (χ4v) is 3.50. The van der Waals surface area contributed by atoms with Crippen molar-refractivity contribution in [1.82, 2.24) is 14.9 Å². The molecule has 1 N–H and O–H groups in total. The highest BCUT2D eigenvalue weighted by Gasteiger charge is 2.30. The number of halogens is 3. The first-order valence-corrected chi connectivity index (χ1v) is 9.48. The Hall–Kier alpha value is -3.62. The Balaban J connectivity index is 1.72. The number of hydrogen-bond acceptors (Lipinski definition) is 5. The molecule has 0 spiro atoms. The van der Waals surface area contributed by atoms with Crippen LogP contribution in [-0.2, 0) is 13.0 Å². The number of nitrogens with zero attached hydrogens (tertiary/aromatic N) is 3. The molecule has 0 aliphatic carbocycles. The third-order valence-electron chi connectivity index (χ3n) is 5.00.